The summed E-state index contributed by atoms with van der Waals surface area (Å²) in [6.45, 7) is 4.07. The smallest absolute Gasteiger partial charge is 0.415 e. The SMILES string of the molecule is CNC(=O)C[C@@H]1NC(=O)c2csc(n2)-c2ccc(-c3nc(N(CCOCC(CCC(=O)O)C(=O)O)C(=O)OC4CCC(C(=O)O)CC4)cs3)nc2-c2csc(n2)-c2csc(n2)[C@H]([C@@H](O)c2ccccc2)NC(=O)CNC(=O)c2nc(sc2COC)C(C(C)C)NC(=O)c2nc1sc2C. The number of carbonyl (C=O) groups excluding carboxylic acids is 6. The molecule has 1 saturated carbocycles. The second kappa shape index (κ2) is 32.6. The minimum Gasteiger partial charge on any atom is -0.481 e. The molecule has 2 aliphatic rings. The number of methoxy groups -OCH3 is 1. The molecular formula is C63H67N13O16S6. The van der Waals surface area contributed by atoms with Gasteiger partial charge in [0.15, 0.2) is 0 Å². The van der Waals surface area contributed by atoms with Crippen LogP contribution in [0.5, 0.6) is 0 Å². The maximum absolute atomic E-state index is 14.5. The Balaban J connectivity index is 1.03. The van der Waals surface area contributed by atoms with E-state index in [1.54, 1.807) is 65.5 Å². The molecule has 0 saturated heterocycles. The number of carboxylic acid groups (broad SMARTS) is 3. The number of anilines is 1. The zero-order valence-corrected chi connectivity index (χ0v) is 58.1. The lowest BCUT2D eigenvalue weighted by Crippen LogP contribution is -2.40. The highest BCUT2D eigenvalue weighted by Gasteiger charge is 2.35. The number of fused-ring (bicyclic) bond motifs is 14. The number of aliphatic carboxylic acids is 3. The fraction of sp³-hybridized carbons (Fsp3) is 0.397. The van der Waals surface area contributed by atoms with Gasteiger partial charge in [-0.25, -0.2) is 39.7 Å². The molecule has 35 heteroatoms. The number of carbonyl (C=O) groups is 9. The molecule has 9 N–H and O–H groups in total. The largest absolute Gasteiger partial charge is 0.481 e. The molecule has 7 aromatic heterocycles. The van der Waals surface area contributed by atoms with E-state index in [0.29, 0.717) is 83.7 Å². The highest BCUT2D eigenvalue weighted by Crippen LogP contribution is 2.41. The summed E-state index contributed by atoms with van der Waals surface area (Å²) in [6, 6.07) is 9.07. The third kappa shape index (κ3) is 17.5. The van der Waals surface area contributed by atoms with Gasteiger partial charge in [-0.3, -0.25) is 43.3 Å². The number of nitrogens with one attached hydrogen (secondary N) is 5. The van der Waals surface area contributed by atoms with E-state index in [1.165, 1.54) is 35.8 Å². The quantitative estimate of drug-likeness (QED) is 0.0323. The van der Waals surface area contributed by atoms with Gasteiger partial charge in [0, 0.05) is 52.5 Å². The van der Waals surface area contributed by atoms with Crippen molar-refractivity contribution in [2.45, 2.75) is 103 Å². The summed E-state index contributed by atoms with van der Waals surface area (Å²) in [4.78, 5) is 155. The van der Waals surface area contributed by atoms with Crippen molar-refractivity contribution >= 4 is 127 Å². The van der Waals surface area contributed by atoms with Crippen LogP contribution in [0, 0.1) is 24.7 Å². The zero-order chi connectivity index (χ0) is 69.9. The maximum atomic E-state index is 14.5. The van der Waals surface area contributed by atoms with E-state index in [0.717, 1.165) is 56.7 Å². The number of hydrogen-bond acceptors (Lipinski definition) is 26. The van der Waals surface area contributed by atoms with Gasteiger partial charge in [-0.1, -0.05) is 44.2 Å². The number of nitrogens with zero attached hydrogens (tertiary/aromatic N) is 8. The molecule has 5 atom stereocenters. The third-order valence-electron chi connectivity index (χ3n) is 15.9. The molecule has 8 aromatic rings. The standard InChI is InChI=1S/C63H67N13O16S6/c1-29(2)46-60-75-49(41(98-60)24-90-5)53(83)65-22-44(78)72-50(51(81)31-9-7-6-8-10-31)59-70-40(27-95-59)57-68-38(25-94-57)48-35(55-69-39(26-93-55)52(82)67-37(21-43(77)64-4)58-74-47(30(3)97-58)54(84)73-46)16-17-36(66-48)56-71-42(28-96-56)76(19-20-91-23-33(62(87)88)13-18-45(79)80)63(89)92-34-14-11-32(12-15-34)61(85)86/h6-10,16-17,25-29,32-34,37,46,50-51,81H,11-15,18-24H2,1-5H3,(H,64,77)(H,65,83)(H,67,82)(H,72,78)(H,73,84)(H,79,80)(H,85,86)(H,87,88)/t32?,33?,34?,37-,46?,50-,51-/m0/s1. The number of ether oxygens (including phenoxy) is 3. The normalized spacial score (nSPS) is 18.3. The van der Waals surface area contributed by atoms with Crippen LogP contribution in [0.1, 0.15) is 145 Å². The fourth-order valence-corrected chi connectivity index (χ4v) is 16.1. The Morgan fingerprint density at radius 3 is 2.12 bits per heavy atom. The highest BCUT2D eigenvalue weighted by molar-refractivity contribution is 7.15. The topological polar surface area (TPSA) is 416 Å². The van der Waals surface area contributed by atoms with Gasteiger partial charge >= 0.3 is 24.0 Å². The molecule has 10 bridgehead atoms. The highest BCUT2D eigenvalue weighted by atomic mass is 32.1. The second-order valence-electron chi connectivity index (χ2n) is 23.0. The number of rotatable bonds is 20. The van der Waals surface area contributed by atoms with E-state index in [2.05, 4.69) is 26.6 Å². The number of aromatic nitrogens is 7. The van der Waals surface area contributed by atoms with Crippen LogP contribution in [0.15, 0.2) is 64.0 Å². The van der Waals surface area contributed by atoms with Gasteiger partial charge < -0.3 is 61.2 Å². The predicted octanol–water partition coefficient (Wildman–Crippen LogP) is 8.48. The van der Waals surface area contributed by atoms with Crippen LogP contribution in [-0.4, -0.2) is 155 Å². The lowest BCUT2D eigenvalue weighted by Gasteiger charge is -2.28. The van der Waals surface area contributed by atoms with Gasteiger partial charge in [0.1, 0.15) is 88.3 Å². The average molecular weight is 1450 g/mol. The monoisotopic (exact) mass is 1450 g/mol. The minimum atomic E-state index is -1.33. The Hall–Kier alpha value is -8.94. The lowest BCUT2D eigenvalue weighted by molar-refractivity contribution is -0.145. The first-order valence-corrected chi connectivity index (χ1v) is 35.9. The van der Waals surface area contributed by atoms with Gasteiger partial charge in [0.25, 0.3) is 17.7 Å². The molecule has 2 unspecified atom stereocenters. The number of carboxylic acids is 3. The Morgan fingerprint density at radius 2 is 1.41 bits per heavy atom. The van der Waals surface area contributed by atoms with Crippen LogP contribution >= 0.6 is 68.0 Å². The average Bonchev–Trinajstić information content (AvgIpc) is 1.59. The van der Waals surface area contributed by atoms with Crippen LogP contribution in [0.4, 0.5) is 10.6 Å². The number of benzene rings is 1. The molecule has 98 heavy (non-hydrogen) atoms. The number of amides is 6. The first kappa shape index (κ1) is 71.8. The minimum absolute atomic E-state index is 0.0230. The summed E-state index contributed by atoms with van der Waals surface area (Å²) < 4.78 is 17.1. The van der Waals surface area contributed by atoms with Gasteiger partial charge in [-0.2, -0.15) is 0 Å². The van der Waals surface area contributed by atoms with E-state index < -0.39 is 109 Å². The van der Waals surface area contributed by atoms with E-state index in [4.69, 9.17) is 49.1 Å². The summed E-state index contributed by atoms with van der Waals surface area (Å²) in [5.41, 5.74) is 2.06. The number of thiazole rings is 6. The molecule has 29 nitrogen and oxygen atoms in total. The molecule has 0 spiro atoms. The van der Waals surface area contributed by atoms with Crippen molar-refractivity contribution in [1.29, 1.82) is 0 Å². The molecule has 1 fully saturated rings. The van der Waals surface area contributed by atoms with Crippen LogP contribution in [0.2, 0.25) is 0 Å². The maximum Gasteiger partial charge on any atom is 0.415 e. The van der Waals surface area contributed by atoms with Crippen molar-refractivity contribution in [3.8, 4) is 43.4 Å². The Labute approximate surface area is 583 Å². The zero-order valence-electron chi connectivity index (χ0n) is 53.2. The fourth-order valence-electron chi connectivity index (χ4n) is 10.6. The third-order valence-corrected chi connectivity index (χ3v) is 21.6. The molecule has 1 aliphatic carbocycles. The van der Waals surface area contributed by atoms with Crippen molar-refractivity contribution in [2.24, 2.45) is 17.8 Å². The Kier molecular flexibility index (Phi) is 23.9. The van der Waals surface area contributed by atoms with Crippen molar-refractivity contribution in [2.75, 3.05) is 45.4 Å². The van der Waals surface area contributed by atoms with E-state index in [9.17, 15) is 63.6 Å². The van der Waals surface area contributed by atoms with Crippen molar-refractivity contribution in [3.63, 3.8) is 0 Å². The summed E-state index contributed by atoms with van der Waals surface area (Å²) >= 11 is 6.84. The molecule has 1 aromatic carbocycles. The summed E-state index contributed by atoms with van der Waals surface area (Å²) in [5, 5.41) is 63.1. The Bertz CT molecular complexity index is 4240. The molecule has 10 rings (SSSR count). The summed E-state index contributed by atoms with van der Waals surface area (Å²) in [7, 11) is 2.90. The predicted molar refractivity (Wildman–Crippen MR) is 363 cm³/mol. The summed E-state index contributed by atoms with van der Waals surface area (Å²) in [5.74, 6) is -8.35. The molecule has 516 valence electrons. The van der Waals surface area contributed by atoms with Gasteiger partial charge in [-0.15, -0.1) is 68.0 Å². The number of aryl methyl sites for hydroxylation is 1. The Morgan fingerprint density at radius 1 is 0.704 bits per heavy atom. The lowest BCUT2D eigenvalue weighted by atomic mass is 9.87. The van der Waals surface area contributed by atoms with Crippen molar-refractivity contribution in [1.82, 2.24) is 61.5 Å². The second-order valence-corrected chi connectivity index (χ2v) is 28.8. The number of aliphatic hydroxyl groups excluding tert-OH is 1. The van der Waals surface area contributed by atoms with E-state index >= 15 is 0 Å². The molecule has 1 aliphatic heterocycles. The number of pyridine rings is 1. The first-order chi connectivity index (χ1) is 47.0. The van der Waals surface area contributed by atoms with Crippen LogP contribution in [-0.2, 0) is 44.8 Å². The molecule has 8 heterocycles. The molecule has 6 amide bonds. The van der Waals surface area contributed by atoms with Crippen LogP contribution in [0.3, 0.4) is 0 Å². The van der Waals surface area contributed by atoms with Gasteiger partial charge in [-0.05, 0) is 62.6 Å². The van der Waals surface area contributed by atoms with Crippen LogP contribution < -0.4 is 31.5 Å². The molecular weight excluding hydrogens is 1390 g/mol. The first-order valence-electron chi connectivity index (χ1n) is 30.7. The van der Waals surface area contributed by atoms with E-state index in [1.807, 2.05) is 13.8 Å². The van der Waals surface area contributed by atoms with Crippen molar-refractivity contribution < 1.29 is 77.8 Å². The molecule has 0 radical (unpaired) electrons. The number of aliphatic hydroxyl groups is 1. The van der Waals surface area contributed by atoms with Gasteiger partial charge in [0.05, 0.1) is 73.8 Å². The summed E-state index contributed by atoms with van der Waals surface area (Å²) in [6.07, 6.45) is -2.47. The van der Waals surface area contributed by atoms with Crippen molar-refractivity contribution in [3.05, 3.63) is 111 Å². The number of hydrogen-bond donors (Lipinski definition) is 9. The van der Waals surface area contributed by atoms with E-state index in [-0.39, 0.29) is 83.7 Å². The van der Waals surface area contributed by atoms with Crippen LogP contribution in [0.25, 0.3) is 43.4 Å². The van der Waals surface area contributed by atoms with Gasteiger partial charge in [0.2, 0.25) is 11.8 Å².